The van der Waals surface area contributed by atoms with Crippen LogP contribution in [-0.2, 0) is 0 Å². The summed E-state index contributed by atoms with van der Waals surface area (Å²) in [6, 6.07) is 10.3. The quantitative estimate of drug-likeness (QED) is 0.940. The van der Waals surface area contributed by atoms with E-state index in [-0.39, 0.29) is 12.7 Å². The van der Waals surface area contributed by atoms with Crippen LogP contribution in [0.5, 0.6) is 23.0 Å². The molecule has 0 saturated heterocycles. The molecule has 0 bridgehead atoms. The van der Waals surface area contributed by atoms with Gasteiger partial charge in [-0.05, 0) is 24.3 Å². The lowest BCUT2D eigenvalue weighted by molar-refractivity contribution is 0.102. The Hall–Kier alpha value is -2.89. The van der Waals surface area contributed by atoms with Gasteiger partial charge >= 0.3 is 0 Å². The van der Waals surface area contributed by atoms with Crippen molar-refractivity contribution in [2.45, 2.75) is 0 Å². The minimum absolute atomic E-state index is 0.121. The molecule has 1 amide bonds. The highest BCUT2D eigenvalue weighted by atomic mass is 16.7. The Bertz CT molecular complexity index is 714. The highest BCUT2D eigenvalue weighted by Crippen LogP contribution is 2.36. The summed E-state index contributed by atoms with van der Waals surface area (Å²) in [5.74, 6) is 1.88. The SMILES string of the molecule is COc1ccc(NC(=O)c2cccc3c2OCO3)cc1OC. The van der Waals surface area contributed by atoms with Crippen molar-refractivity contribution in [1.82, 2.24) is 0 Å². The van der Waals surface area contributed by atoms with Crippen molar-refractivity contribution in [2.75, 3.05) is 26.3 Å². The van der Waals surface area contributed by atoms with Gasteiger partial charge in [-0.25, -0.2) is 0 Å². The maximum atomic E-state index is 12.4. The fourth-order valence-electron chi connectivity index (χ4n) is 2.22. The number of fused-ring (bicyclic) bond motifs is 1. The first kappa shape index (κ1) is 14.1. The van der Waals surface area contributed by atoms with Gasteiger partial charge in [-0.2, -0.15) is 0 Å². The average Bonchev–Trinajstić information content (AvgIpc) is 3.03. The van der Waals surface area contributed by atoms with E-state index < -0.39 is 0 Å². The minimum atomic E-state index is -0.283. The maximum Gasteiger partial charge on any atom is 0.259 e. The van der Waals surface area contributed by atoms with Gasteiger partial charge in [0.05, 0.1) is 19.8 Å². The number of carbonyl (C=O) groups is 1. The smallest absolute Gasteiger partial charge is 0.259 e. The van der Waals surface area contributed by atoms with Crippen molar-refractivity contribution in [3.05, 3.63) is 42.0 Å². The predicted octanol–water partition coefficient (Wildman–Crippen LogP) is 2.68. The molecular formula is C16H15NO5. The molecule has 0 spiro atoms. The van der Waals surface area contributed by atoms with Gasteiger partial charge in [-0.3, -0.25) is 4.79 Å². The highest BCUT2D eigenvalue weighted by molar-refractivity contribution is 6.07. The minimum Gasteiger partial charge on any atom is -0.493 e. The van der Waals surface area contributed by atoms with Crippen molar-refractivity contribution < 1.29 is 23.7 Å². The van der Waals surface area contributed by atoms with Crippen molar-refractivity contribution in [3.8, 4) is 23.0 Å². The van der Waals surface area contributed by atoms with E-state index in [2.05, 4.69) is 5.32 Å². The van der Waals surface area contributed by atoms with Crippen molar-refractivity contribution in [3.63, 3.8) is 0 Å². The number of para-hydroxylation sites is 1. The van der Waals surface area contributed by atoms with Gasteiger partial charge in [0.15, 0.2) is 23.0 Å². The third-order valence-corrected chi connectivity index (χ3v) is 3.28. The molecule has 1 aliphatic rings. The van der Waals surface area contributed by atoms with Crippen LogP contribution < -0.4 is 24.3 Å². The zero-order chi connectivity index (χ0) is 15.5. The molecule has 1 heterocycles. The van der Waals surface area contributed by atoms with Crippen LogP contribution in [0.25, 0.3) is 0 Å². The molecule has 1 aliphatic heterocycles. The summed E-state index contributed by atoms with van der Waals surface area (Å²) in [6.07, 6.45) is 0. The van der Waals surface area contributed by atoms with Crippen molar-refractivity contribution in [1.29, 1.82) is 0 Å². The van der Waals surface area contributed by atoms with Crippen LogP contribution in [0.3, 0.4) is 0 Å². The molecular weight excluding hydrogens is 286 g/mol. The molecule has 0 saturated carbocycles. The predicted molar refractivity (Wildman–Crippen MR) is 80.1 cm³/mol. The second kappa shape index (κ2) is 5.85. The van der Waals surface area contributed by atoms with Crippen LogP contribution in [0.1, 0.15) is 10.4 Å². The highest BCUT2D eigenvalue weighted by Gasteiger charge is 2.22. The monoisotopic (exact) mass is 301 g/mol. The topological polar surface area (TPSA) is 66.0 Å². The van der Waals surface area contributed by atoms with E-state index in [0.29, 0.717) is 34.2 Å². The van der Waals surface area contributed by atoms with Crippen LogP contribution in [0.4, 0.5) is 5.69 Å². The number of benzene rings is 2. The Balaban J connectivity index is 1.85. The summed E-state index contributed by atoms with van der Waals surface area (Å²) in [4.78, 5) is 12.4. The van der Waals surface area contributed by atoms with Crippen LogP contribution >= 0.6 is 0 Å². The van der Waals surface area contributed by atoms with Crippen LogP contribution in [0, 0.1) is 0 Å². The second-order valence-corrected chi connectivity index (χ2v) is 4.56. The average molecular weight is 301 g/mol. The number of carbonyl (C=O) groups excluding carboxylic acids is 1. The first-order valence-electron chi connectivity index (χ1n) is 6.65. The Kier molecular flexibility index (Phi) is 3.74. The lowest BCUT2D eigenvalue weighted by Crippen LogP contribution is -2.12. The van der Waals surface area contributed by atoms with Gasteiger partial charge in [0.2, 0.25) is 6.79 Å². The van der Waals surface area contributed by atoms with E-state index in [4.69, 9.17) is 18.9 Å². The summed E-state index contributed by atoms with van der Waals surface area (Å²) < 4.78 is 21.0. The van der Waals surface area contributed by atoms with E-state index in [9.17, 15) is 4.79 Å². The third kappa shape index (κ3) is 2.50. The van der Waals surface area contributed by atoms with Gasteiger partial charge in [0, 0.05) is 11.8 Å². The molecule has 2 aromatic carbocycles. The fraction of sp³-hybridized carbons (Fsp3) is 0.188. The lowest BCUT2D eigenvalue weighted by atomic mass is 10.1. The van der Waals surface area contributed by atoms with E-state index in [1.165, 1.54) is 0 Å². The summed E-state index contributed by atoms with van der Waals surface area (Å²) in [5.41, 5.74) is 1.02. The van der Waals surface area contributed by atoms with Gasteiger partial charge in [0.1, 0.15) is 0 Å². The number of hydrogen-bond acceptors (Lipinski definition) is 5. The molecule has 2 aromatic rings. The van der Waals surface area contributed by atoms with Gasteiger partial charge in [0.25, 0.3) is 5.91 Å². The number of amides is 1. The molecule has 0 fully saturated rings. The van der Waals surface area contributed by atoms with Crippen molar-refractivity contribution in [2.24, 2.45) is 0 Å². The number of nitrogens with one attached hydrogen (secondary N) is 1. The molecule has 0 radical (unpaired) electrons. The summed E-state index contributed by atoms with van der Waals surface area (Å²) in [5, 5.41) is 2.80. The molecule has 114 valence electrons. The molecule has 0 aromatic heterocycles. The van der Waals surface area contributed by atoms with Crippen LogP contribution in [0.15, 0.2) is 36.4 Å². The first-order valence-corrected chi connectivity index (χ1v) is 6.65. The Morgan fingerprint density at radius 1 is 1.09 bits per heavy atom. The van der Waals surface area contributed by atoms with Gasteiger partial charge in [-0.15, -0.1) is 0 Å². The molecule has 3 rings (SSSR count). The maximum absolute atomic E-state index is 12.4. The largest absolute Gasteiger partial charge is 0.493 e. The van der Waals surface area contributed by atoms with Crippen LogP contribution in [0.2, 0.25) is 0 Å². The first-order chi connectivity index (χ1) is 10.7. The molecule has 6 nitrogen and oxygen atoms in total. The van der Waals surface area contributed by atoms with E-state index >= 15 is 0 Å². The number of methoxy groups -OCH3 is 2. The normalized spacial score (nSPS) is 11.9. The fourth-order valence-corrected chi connectivity index (χ4v) is 2.22. The summed E-state index contributed by atoms with van der Waals surface area (Å²) in [7, 11) is 3.10. The Morgan fingerprint density at radius 3 is 2.68 bits per heavy atom. The molecule has 0 unspecified atom stereocenters. The van der Waals surface area contributed by atoms with E-state index in [0.717, 1.165) is 0 Å². The second-order valence-electron chi connectivity index (χ2n) is 4.56. The Morgan fingerprint density at radius 2 is 1.91 bits per heavy atom. The van der Waals surface area contributed by atoms with Crippen molar-refractivity contribution >= 4 is 11.6 Å². The van der Waals surface area contributed by atoms with Gasteiger partial charge < -0.3 is 24.3 Å². The molecule has 22 heavy (non-hydrogen) atoms. The van der Waals surface area contributed by atoms with Gasteiger partial charge in [-0.1, -0.05) is 6.07 Å². The van der Waals surface area contributed by atoms with E-state index in [1.807, 2.05) is 0 Å². The summed E-state index contributed by atoms with van der Waals surface area (Å²) in [6.45, 7) is 0.121. The number of anilines is 1. The Labute approximate surface area is 127 Å². The van der Waals surface area contributed by atoms with E-state index in [1.54, 1.807) is 50.6 Å². The zero-order valence-corrected chi connectivity index (χ0v) is 12.2. The standard InChI is InChI=1S/C16H15NO5/c1-19-12-7-6-10(8-14(12)20-2)17-16(18)11-4-3-5-13-15(11)22-9-21-13/h3-8H,9H2,1-2H3,(H,17,18). The molecule has 0 atom stereocenters. The lowest BCUT2D eigenvalue weighted by Gasteiger charge is -2.11. The van der Waals surface area contributed by atoms with Crippen LogP contribution in [-0.4, -0.2) is 26.9 Å². The number of hydrogen-bond donors (Lipinski definition) is 1. The molecule has 1 N–H and O–H groups in total. The third-order valence-electron chi connectivity index (χ3n) is 3.28. The molecule has 6 heteroatoms. The number of ether oxygens (including phenoxy) is 4. The molecule has 0 aliphatic carbocycles. The summed E-state index contributed by atoms with van der Waals surface area (Å²) >= 11 is 0. The zero-order valence-electron chi connectivity index (χ0n) is 12.2. The number of rotatable bonds is 4.